The van der Waals surface area contributed by atoms with Crippen LogP contribution in [0.3, 0.4) is 0 Å². The zero-order valence-corrected chi connectivity index (χ0v) is 11.4. The first-order valence-electron chi connectivity index (χ1n) is 6.40. The number of aliphatic hydroxyl groups excluding tert-OH is 1. The standard InChI is InChI=1S/C14H20FNO.ClH/c1-2-4-12-7-8-13(16-12)14(17)10-5-3-6-11(15)9-10;/h3,5-6,9,12-14,16-17H,2,4,7-8H2,1H3;1H/t12-,13-,14?;/m1./s1. The van der Waals surface area contributed by atoms with Crippen LogP contribution in [0, 0.1) is 5.82 Å². The molecule has 0 aromatic heterocycles. The molecule has 3 atom stereocenters. The number of rotatable bonds is 4. The van der Waals surface area contributed by atoms with Gasteiger partial charge in [0.25, 0.3) is 0 Å². The van der Waals surface area contributed by atoms with E-state index in [2.05, 4.69) is 12.2 Å². The largest absolute Gasteiger partial charge is 0.387 e. The number of hydrogen-bond donors (Lipinski definition) is 2. The van der Waals surface area contributed by atoms with Gasteiger partial charge in [-0.25, -0.2) is 4.39 Å². The molecule has 2 nitrogen and oxygen atoms in total. The zero-order valence-electron chi connectivity index (χ0n) is 10.6. The van der Waals surface area contributed by atoms with Gasteiger partial charge in [-0.05, 0) is 37.0 Å². The molecule has 1 fully saturated rings. The van der Waals surface area contributed by atoms with Crippen LogP contribution in [0.1, 0.15) is 44.3 Å². The van der Waals surface area contributed by atoms with Gasteiger partial charge in [0, 0.05) is 12.1 Å². The highest BCUT2D eigenvalue weighted by atomic mass is 35.5. The van der Waals surface area contributed by atoms with Crippen molar-refractivity contribution in [3.63, 3.8) is 0 Å². The van der Waals surface area contributed by atoms with Crippen LogP contribution in [0.5, 0.6) is 0 Å². The van der Waals surface area contributed by atoms with E-state index in [1.54, 1.807) is 12.1 Å². The highest BCUT2D eigenvalue weighted by Crippen LogP contribution is 2.27. The van der Waals surface area contributed by atoms with E-state index < -0.39 is 6.10 Å². The van der Waals surface area contributed by atoms with Gasteiger partial charge in [-0.1, -0.05) is 25.5 Å². The van der Waals surface area contributed by atoms with E-state index in [1.807, 2.05) is 0 Å². The summed E-state index contributed by atoms with van der Waals surface area (Å²) in [6.45, 7) is 2.16. The van der Waals surface area contributed by atoms with Gasteiger partial charge in [0.2, 0.25) is 0 Å². The van der Waals surface area contributed by atoms with Crippen molar-refractivity contribution in [2.75, 3.05) is 0 Å². The number of aliphatic hydroxyl groups is 1. The normalized spacial score (nSPS) is 24.6. The molecule has 18 heavy (non-hydrogen) atoms. The smallest absolute Gasteiger partial charge is 0.123 e. The van der Waals surface area contributed by atoms with E-state index >= 15 is 0 Å². The summed E-state index contributed by atoms with van der Waals surface area (Å²) in [5, 5.41) is 13.6. The molecule has 2 N–H and O–H groups in total. The maximum absolute atomic E-state index is 13.1. The summed E-state index contributed by atoms with van der Waals surface area (Å²) in [4.78, 5) is 0. The molecule has 2 rings (SSSR count). The topological polar surface area (TPSA) is 32.3 Å². The molecule has 1 aliphatic heterocycles. The van der Waals surface area contributed by atoms with Gasteiger partial charge in [0.15, 0.2) is 0 Å². The Labute approximate surface area is 114 Å². The molecule has 0 saturated carbocycles. The van der Waals surface area contributed by atoms with Gasteiger partial charge in [-0.3, -0.25) is 0 Å². The van der Waals surface area contributed by atoms with Gasteiger partial charge in [0.05, 0.1) is 6.10 Å². The van der Waals surface area contributed by atoms with Crippen molar-refractivity contribution < 1.29 is 9.50 Å². The molecule has 1 heterocycles. The summed E-state index contributed by atoms with van der Waals surface area (Å²) in [7, 11) is 0. The molecule has 1 aliphatic rings. The molecule has 1 unspecified atom stereocenters. The van der Waals surface area contributed by atoms with Gasteiger partial charge in [-0.15, -0.1) is 12.4 Å². The van der Waals surface area contributed by atoms with E-state index in [-0.39, 0.29) is 24.3 Å². The minimum absolute atomic E-state index is 0. The number of hydrogen-bond acceptors (Lipinski definition) is 2. The summed E-state index contributed by atoms with van der Waals surface area (Å²) in [5.41, 5.74) is 0.666. The monoisotopic (exact) mass is 273 g/mol. The molecule has 102 valence electrons. The molecule has 0 aliphatic carbocycles. The summed E-state index contributed by atoms with van der Waals surface area (Å²) >= 11 is 0. The maximum Gasteiger partial charge on any atom is 0.123 e. The predicted molar refractivity (Wildman–Crippen MR) is 73.5 cm³/mol. The Hall–Kier alpha value is -0.640. The van der Waals surface area contributed by atoms with Crippen LogP contribution >= 0.6 is 12.4 Å². The van der Waals surface area contributed by atoms with Crippen LogP contribution in [0.2, 0.25) is 0 Å². The Morgan fingerprint density at radius 2 is 2.22 bits per heavy atom. The Kier molecular flexibility index (Phi) is 6.06. The summed E-state index contributed by atoms with van der Waals surface area (Å²) < 4.78 is 13.1. The second-order valence-corrected chi connectivity index (χ2v) is 4.84. The van der Waals surface area contributed by atoms with Crippen molar-refractivity contribution in [3.05, 3.63) is 35.6 Å². The summed E-state index contributed by atoms with van der Waals surface area (Å²) in [6, 6.07) is 6.81. The Bertz CT molecular complexity index is 375. The number of benzene rings is 1. The van der Waals surface area contributed by atoms with Crippen molar-refractivity contribution in [1.82, 2.24) is 5.32 Å². The molecular formula is C14H21ClFNO. The fourth-order valence-electron chi connectivity index (χ4n) is 2.60. The Morgan fingerprint density at radius 1 is 1.44 bits per heavy atom. The quantitative estimate of drug-likeness (QED) is 0.883. The van der Waals surface area contributed by atoms with Crippen molar-refractivity contribution in [3.8, 4) is 0 Å². The second-order valence-electron chi connectivity index (χ2n) is 4.84. The maximum atomic E-state index is 13.1. The van der Waals surface area contributed by atoms with Gasteiger partial charge < -0.3 is 10.4 Å². The van der Waals surface area contributed by atoms with E-state index in [1.165, 1.54) is 12.1 Å². The molecule has 0 bridgehead atoms. The molecule has 0 spiro atoms. The first-order valence-corrected chi connectivity index (χ1v) is 6.40. The van der Waals surface area contributed by atoms with E-state index in [4.69, 9.17) is 0 Å². The SMILES string of the molecule is CCC[C@@H]1CC[C@H](C(O)c2cccc(F)c2)N1.Cl. The lowest BCUT2D eigenvalue weighted by Crippen LogP contribution is -2.33. The van der Waals surface area contributed by atoms with Crippen molar-refractivity contribution in [2.24, 2.45) is 0 Å². The van der Waals surface area contributed by atoms with E-state index in [9.17, 15) is 9.50 Å². The lowest BCUT2D eigenvalue weighted by Gasteiger charge is -2.20. The fraction of sp³-hybridized carbons (Fsp3) is 0.571. The minimum Gasteiger partial charge on any atom is -0.387 e. The molecule has 1 aromatic carbocycles. The molecule has 4 heteroatoms. The van der Waals surface area contributed by atoms with Crippen LogP contribution < -0.4 is 5.32 Å². The van der Waals surface area contributed by atoms with E-state index in [0.29, 0.717) is 11.6 Å². The van der Waals surface area contributed by atoms with Crippen LogP contribution in [0.4, 0.5) is 4.39 Å². The zero-order chi connectivity index (χ0) is 12.3. The van der Waals surface area contributed by atoms with Crippen molar-refractivity contribution in [1.29, 1.82) is 0 Å². The predicted octanol–water partition coefficient (Wildman–Crippen LogP) is 3.20. The average molecular weight is 274 g/mol. The first kappa shape index (κ1) is 15.4. The number of nitrogens with one attached hydrogen (secondary N) is 1. The van der Waals surface area contributed by atoms with E-state index in [0.717, 1.165) is 25.7 Å². The summed E-state index contributed by atoms with van der Waals surface area (Å²) in [5.74, 6) is -0.287. The highest BCUT2D eigenvalue weighted by molar-refractivity contribution is 5.85. The molecule has 1 aromatic rings. The first-order chi connectivity index (χ1) is 8.20. The molecule has 0 radical (unpaired) electrons. The van der Waals surface area contributed by atoms with Crippen LogP contribution in [0.25, 0.3) is 0 Å². The number of halogens is 2. The van der Waals surface area contributed by atoms with Crippen molar-refractivity contribution >= 4 is 12.4 Å². The van der Waals surface area contributed by atoms with Gasteiger partial charge in [-0.2, -0.15) is 0 Å². The lowest BCUT2D eigenvalue weighted by atomic mass is 10.0. The average Bonchev–Trinajstić information content (AvgIpc) is 2.77. The van der Waals surface area contributed by atoms with Crippen LogP contribution in [-0.4, -0.2) is 17.2 Å². The van der Waals surface area contributed by atoms with Gasteiger partial charge >= 0.3 is 0 Å². The fourth-order valence-corrected chi connectivity index (χ4v) is 2.60. The van der Waals surface area contributed by atoms with Crippen LogP contribution in [-0.2, 0) is 0 Å². The van der Waals surface area contributed by atoms with Gasteiger partial charge in [0.1, 0.15) is 5.82 Å². The highest BCUT2D eigenvalue weighted by Gasteiger charge is 2.29. The third-order valence-electron chi connectivity index (χ3n) is 3.48. The lowest BCUT2D eigenvalue weighted by molar-refractivity contribution is 0.134. The molecule has 0 amide bonds. The minimum atomic E-state index is -0.604. The third-order valence-corrected chi connectivity index (χ3v) is 3.48. The van der Waals surface area contributed by atoms with Crippen molar-refractivity contribution in [2.45, 2.75) is 50.8 Å². The Balaban J connectivity index is 0.00000162. The summed E-state index contributed by atoms with van der Waals surface area (Å²) in [6.07, 6.45) is 3.76. The molecular weight excluding hydrogens is 253 g/mol. The third kappa shape index (κ3) is 3.67. The van der Waals surface area contributed by atoms with Crippen LogP contribution in [0.15, 0.2) is 24.3 Å². The second kappa shape index (κ2) is 7.07. The molecule has 1 saturated heterocycles. The Morgan fingerprint density at radius 3 is 2.89 bits per heavy atom.